The smallest absolute Gasteiger partial charge is 0.331 e. The number of methoxy groups -OCH3 is 1. The fraction of sp³-hybridized carbons (Fsp3) is 0.750. The zero-order valence-electron chi connectivity index (χ0n) is 11.6. The van der Waals surface area contributed by atoms with Crippen LogP contribution in [0, 0.1) is 0 Å². The number of rotatable bonds is 5. The van der Waals surface area contributed by atoms with Gasteiger partial charge in [0.05, 0.1) is 20.3 Å². The Bertz CT molecular complexity index is 373. The summed E-state index contributed by atoms with van der Waals surface area (Å²) in [6.07, 6.45) is 0.953. The van der Waals surface area contributed by atoms with Crippen LogP contribution in [0.4, 0.5) is 4.79 Å². The number of amides is 2. The molecule has 1 rings (SSSR count). The average Bonchev–Trinajstić information content (AvgIpc) is 2.45. The van der Waals surface area contributed by atoms with E-state index in [1.54, 1.807) is 0 Å². The van der Waals surface area contributed by atoms with Crippen LogP contribution in [0.15, 0.2) is 0 Å². The first-order valence-electron chi connectivity index (χ1n) is 6.46. The molecule has 0 aromatic heterocycles. The largest absolute Gasteiger partial charge is 0.480 e. The molecular weight excluding hydrogens is 268 g/mol. The number of hydrogen-bond donors (Lipinski definition) is 2. The molecule has 8 nitrogen and oxygen atoms in total. The van der Waals surface area contributed by atoms with Crippen molar-refractivity contribution in [2.75, 3.05) is 26.9 Å². The summed E-state index contributed by atoms with van der Waals surface area (Å²) >= 11 is 0. The predicted octanol–water partition coefficient (Wildman–Crippen LogP) is -0.177. The number of urea groups is 1. The first-order chi connectivity index (χ1) is 9.51. The van der Waals surface area contributed by atoms with Crippen LogP contribution < -0.4 is 5.32 Å². The quantitative estimate of drug-likeness (QED) is 0.680. The van der Waals surface area contributed by atoms with E-state index in [0.29, 0.717) is 19.4 Å². The van der Waals surface area contributed by atoms with Gasteiger partial charge in [-0.3, -0.25) is 0 Å². The fourth-order valence-corrected chi connectivity index (χ4v) is 1.96. The molecule has 114 valence electrons. The summed E-state index contributed by atoms with van der Waals surface area (Å²) in [5.41, 5.74) is 0. The van der Waals surface area contributed by atoms with Crippen molar-refractivity contribution >= 4 is 18.0 Å². The van der Waals surface area contributed by atoms with Crippen molar-refractivity contribution in [3.8, 4) is 0 Å². The van der Waals surface area contributed by atoms with Gasteiger partial charge >= 0.3 is 18.0 Å². The lowest BCUT2D eigenvalue weighted by atomic mass is 10.1. The van der Waals surface area contributed by atoms with Crippen molar-refractivity contribution in [3.63, 3.8) is 0 Å². The Labute approximate surface area is 117 Å². The van der Waals surface area contributed by atoms with Gasteiger partial charge in [0.2, 0.25) is 0 Å². The molecule has 0 spiro atoms. The first-order valence-corrected chi connectivity index (χ1v) is 6.46. The zero-order valence-corrected chi connectivity index (χ0v) is 11.6. The third-order valence-corrected chi connectivity index (χ3v) is 3.04. The Morgan fingerprint density at radius 3 is 2.75 bits per heavy atom. The summed E-state index contributed by atoms with van der Waals surface area (Å²) < 4.78 is 9.76. The molecule has 1 heterocycles. The molecule has 1 fully saturated rings. The van der Waals surface area contributed by atoms with E-state index in [2.05, 4.69) is 10.1 Å². The molecule has 1 unspecified atom stereocenters. The van der Waals surface area contributed by atoms with Crippen LogP contribution in [0.3, 0.4) is 0 Å². The van der Waals surface area contributed by atoms with E-state index in [9.17, 15) is 14.4 Å². The molecule has 0 aromatic rings. The Morgan fingerprint density at radius 2 is 2.20 bits per heavy atom. The number of ether oxygens (including phenoxy) is 2. The molecule has 0 radical (unpaired) electrons. The first kappa shape index (κ1) is 16.2. The minimum atomic E-state index is -1.09. The highest BCUT2D eigenvalue weighted by atomic mass is 16.5. The maximum Gasteiger partial charge on any atom is 0.331 e. The summed E-state index contributed by atoms with van der Waals surface area (Å²) in [5.74, 6) is -1.68. The Balaban J connectivity index is 2.71. The second kappa shape index (κ2) is 7.68. The zero-order chi connectivity index (χ0) is 15.1. The van der Waals surface area contributed by atoms with Gasteiger partial charge in [0.25, 0.3) is 0 Å². The van der Waals surface area contributed by atoms with Crippen LogP contribution >= 0.6 is 0 Å². The molecule has 1 aliphatic rings. The monoisotopic (exact) mass is 288 g/mol. The van der Waals surface area contributed by atoms with Crippen molar-refractivity contribution in [2.45, 2.75) is 31.8 Å². The Morgan fingerprint density at radius 1 is 1.50 bits per heavy atom. The lowest BCUT2D eigenvalue weighted by Gasteiger charge is -2.34. The maximum absolute atomic E-state index is 12.1. The highest BCUT2D eigenvalue weighted by Crippen LogP contribution is 2.10. The minimum Gasteiger partial charge on any atom is -0.480 e. The lowest BCUT2D eigenvalue weighted by Crippen LogP contribution is -2.58. The number of esters is 1. The number of hydrogen-bond acceptors (Lipinski definition) is 5. The van der Waals surface area contributed by atoms with Crippen molar-refractivity contribution in [1.29, 1.82) is 0 Å². The van der Waals surface area contributed by atoms with E-state index in [4.69, 9.17) is 9.84 Å². The van der Waals surface area contributed by atoms with Gasteiger partial charge in [0.1, 0.15) is 6.04 Å². The van der Waals surface area contributed by atoms with Gasteiger partial charge in [-0.05, 0) is 6.42 Å². The number of carboxylic acids is 1. The van der Waals surface area contributed by atoms with Crippen molar-refractivity contribution in [2.24, 2.45) is 0 Å². The van der Waals surface area contributed by atoms with Crippen LogP contribution in [0.5, 0.6) is 0 Å². The average molecular weight is 288 g/mol. The van der Waals surface area contributed by atoms with Crippen LogP contribution in [0.25, 0.3) is 0 Å². The van der Waals surface area contributed by atoms with Crippen molar-refractivity contribution < 1.29 is 29.0 Å². The van der Waals surface area contributed by atoms with Gasteiger partial charge in [-0.15, -0.1) is 0 Å². The summed E-state index contributed by atoms with van der Waals surface area (Å²) in [4.78, 5) is 36.0. The number of carboxylic acid groups (broad SMARTS) is 1. The molecule has 2 atom stereocenters. The van der Waals surface area contributed by atoms with E-state index < -0.39 is 30.1 Å². The molecule has 0 aliphatic carbocycles. The normalized spacial score (nSPS) is 20.1. The highest BCUT2D eigenvalue weighted by molar-refractivity contribution is 5.86. The summed E-state index contributed by atoms with van der Waals surface area (Å²) in [7, 11) is 1.23. The van der Waals surface area contributed by atoms with Gasteiger partial charge in [0, 0.05) is 6.54 Å². The summed E-state index contributed by atoms with van der Waals surface area (Å²) in [5, 5.41) is 11.4. The number of morpholine rings is 1. The molecule has 2 amide bonds. The van der Waals surface area contributed by atoms with Crippen LogP contribution in [0.1, 0.15) is 19.8 Å². The number of carbonyl (C=O) groups is 3. The van der Waals surface area contributed by atoms with Gasteiger partial charge in [-0.1, -0.05) is 13.3 Å². The second-order valence-electron chi connectivity index (χ2n) is 4.44. The molecular formula is C12H20N2O6. The number of carbonyl (C=O) groups excluding carboxylic acids is 2. The van der Waals surface area contributed by atoms with Crippen LogP contribution in [0.2, 0.25) is 0 Å². The van der Waals surface area contributed by atoms with E-state index in [1.807, 2.05) is 6.92 Å². The molecule has 0 aromatic carbocycles. The van der Waals surface area contributed by atoms with E-state index in [0.717, 1.165) is 0 Å². The van der Waals surface area contributed by atoms with Gasteiger partial charge in [0.15, 0.2) is 6.04 Å². The van der Waals surface area contributed by atoms with Crippen molar-refractivity contribution in [1.82, 2.24) is 10.2 Å². The van der Waals surface area contributed by atoms with Gasteiger partial charge < -0.3 is 24.8 Å². The number of nitrogens with one attached hydrogen (secondary N) is 1. The number of nitrogens with zero attached hydrogens (tertiary/aromatic N) is 1. The Kier molecular flexibility index (Phi) is 6.23. The SMILES string of the molecule is CCC[C@H](NC(=O)N1CCOCC1C(=O)OC)C(=O)O. The van der Waals surface area contributed by atoms with E-state index >= 15 is 0 Å². The van der Waals surface area contributed by atoms with E-state index in [1.165, 1.54) is 12.0 Å². The van der Waals surface area contributed by atoms with Crippen molar-refractivity contribution in [3.05, 3.63) is 0 Å². The van der Waals surface area contributed by atoms with Gasteiger partial charge in [-0.2, -0.15) is 0 Å². The molecule has 0 saturated carbocycles. The number of aliphatic carboxylic acids is 1. The van der Waals surface area contributed by atoms with Crippen LogP contribution in [-0.4, -0.2) is 66.9 Å². The van der Waals surface area contributed by atoms with E-state index in [-0.39, 0.29) is 13.2 Å². The van der Waals surface area contributed by atoms with Gasteiger partial charge in [-0.25, -0.2) is 14.4 Å². The molecule has 20 heavy (non-hydrogen) atoms. The Hall–Kier alpha value is -1.83. The molecule has 2 N–H and O–H groups in total. The standard InChI is InChI=1S/C12H20N2O6/c1-3-4-8(10(15)16)13-12(18)14-5-6-20-7-9(14)11(17)19-2/h8-9H,3-7H2,1-2H3,(H,13,18)(H,15,16)/t8-,9?/m0/s1. The molecule has 1 saturated heterocycles. The predicted molar refractivity (Wildman–Crippen MR) is 68.2 cm³/mol. The molecule has 0 bridgehead atoms. The second-order valence-corrected chi connectivity index (χ2v) is 4.44. The summed E-state index contributed by atoms with van der Waals surface area (Å²) in [6.45, 7) is 2.39. The topological polar surface area (TPSA) is 105 Å². The maximum atomic E-state index is 12.1. The third-order valence-electron chi connectivity index (χ3n) is 3.04. The lowest BCUT2D eigenvalue weighted by molar-refractivity contribution is -0.151. The molecule has 8 heteroatoms. The minimum absolute atomic E-state index is 0.0472. The molecule has 1 aliphatic heterocycles. The fourth-order valence-electron chi connectivity index (χ4n) is 1.96. The van der Waals surface area contributed by atoms with Crippen LogP contribution in [-0.2, 0) is 19.1 Å². The highest BCUT2D eigenvalue weighted by Gasteiger charge is 2.35. The summed E-state index contributed by atoms with van der Waals surface area (Å²) in [6, 6.07) is -2.40. The third kappa shape index (κ3) is 4.09.